The summed E-state index contributed by atoms with van der Waals surface area (Å²) in [5, 5.41) is 10.7. The zero-order valence-electron chi connectivity index (χ0n) is 9.21. The molecule has 17 heavy (non-hydrogen) atoms. The second kappa shape index (κ2) is 4.50. The summed E-state index contributed by atoms with van der Waals surface area (Å²) in [6.07, 6.45) is -0.0312. The van der Waals surface area contributed by atoms with E-state index in [1.165, 1.54) is 25.1 Å². The van der Waals surface area contributed by atoms with E-state index in [1.54, 1.807) is 0 Å². The first-order valence-corrected chi connectivity index (χ1v) is 5.11. The van der Waals surface area contributed by atoms with Crippen LogP contribution >= 0.6 is 0 Å². The van der Waals surface area contributed by atoms with Gasteiger partial charge in [-0.25, -0.2) is 0 Å². The lowest BCUT2D eigenvalue weighted by atomic mass is 10.1. The van der Waals surface area contributed by atoms with Gasteiger partial charge in [-0.2, -0.15) is 0 Å². The van der Waals surface area contributed by atoms with Crippen molar-refractivity contribution >= 4 is 11.5 Å². The monoisotopic (exact) mass is 237 g/mol. The number of Topliss-reactive ketones (excluding diaryl/α,β-unsaturated/α-hetero) is 1. The Morgan fingerprint density at radius 2 is 2.24 bits per heavy atom. The molecule has 0 amide bonds. The van der Waals surface area contributed by atoms with E-state index in [4.69, 9.17) is 9.47 Å². The summed E-state index contributed by atoms with van der Waals surface area (Å²) >= 11 is 0. The van der Waals surface area contributed by atoms with Crippen molar-refractivity contribution in [2.75, 3.05) is 13.2 Å². The Bertz CT molecular complexity index is 467. The number of ether oxygens (including phenoxy) is 2. The SMILES string of the molecule is CC(=O)c1cc(OC2COC2)ccc1[N+](=O)[O-]. The van der Waals surface area contributed by atoms with E-state index in [2.05, 4.69) is 0 Å². The van der Waals surface area contributed by atoms with Crippen molar-refractivity contribution in [2.24, 2.45) is 0 Å². The molecule has 0 saturated carbocycles. The van der Waals surface area contributed by atoms with E-state index in [0.717, 1.165) is 0 Å². The van der Waals surface area contributed by atoms with Gasteiger partial charge in [0.15, 0.2) is 5.78 Å². The number of rotatable bonds is 4. The van der Waals surface area contributed by atoms with E-state index in [-0.39, 0.29) is 23.1 Å². The van der Waals surface area contributed by atoms with E-state index < -0.39 is 4.92 Å². The van der Waals surface area contributed by atoms with Gasteiger partial charge in [-0.05, 0) is 19.1 Å². The zero-order chi connectivity index (χ0) is 12.4. The van der Waals surface area contributed by atoms with Crippen molar-refractivity contribution in [1.29, 1.82) is 0 Å². The summed E-state index contributed by atoms with van der Waals surface area (Å²) in [5.41, 5.74) is -0.137. The summed E-state index contributed by atoms with van der Waals surface area (Å²) in [4.78, 5) is 21.5. The fraction of sp³-hybridized carbons (Fsp3) is 0.364. The molecule has 0 bridgehead atoms. The van der Waals surface area contributed by atoms with Crippen molar-refractivity contribution in [3.63, 3.8) is 0 Å². The molecule has 1 aromatic rings. The Kier molecular flexibility index (Phi) is 3.06. The minimum absolute atomic E-state index is 0.0312. The molecule has 6 nitrogen and oxygen atoms in total. The maximum absolute atomic E-state index is 11.3. The fourth-order valence-electron chi connectivity index (χ4n) is 1.50. The number of carbonyl (C=O) groups is 1. The van der Waals surface area contributed by atoms with Gasteiger partial charge < -0.3 is 9.47 Å². The molecule has 0 atom stereocenters. The Hall–Kier alpha value is -1.95. The number of hydrogen-bond donors (Lipinski definition) is 0. The van der Waals surface area contributed by atoms with E-state index in [0.29, 0.717) is 19.0 Å². The molecule has 0 radical (unpaired) electrons. The lowest BCUT2D eigenvalue weighted by Gasteiger charge is -2.26. The van der Waals surface area contributed by atoms with Crippen LogP contribution in [0.4, 0.5) is 5.69 Å². The fourth-order valence-corrected chi connectivity index (χ4v) is 1.50. The van der Waals surface area contributed by atoms with Crippen molar-refractivity contribution in [3.8, 4) is 5.75 Å². The molecule has 1 aliphatic rings. The second-order valence-electron chi connectivity index (χ2n) is 3.77. The highest BCUT2D eigenvalue weighted by Crippen LogP contribution is 2.26. The van der Waals surface area contributed by atoms with Gasteiger partial charge in [0, 0.05) is 6.07 Å². The minimum atomic E-state index is -0.576. The van der Waals surface area contributed by atoms with Gasteiger partial charge in [-0.15, -0.1) is 0 Å². The molecule has 1 fully saturated rings. The molecule has 0 aliphatic carbocycles. The predicted octanol–water partition coefficient (Wildman–Crippen LogP) is 1.57. The third kappa shape index (κ3) is 2.42. The zero-order valence-corrected chi connectivity index (χ0v) is 9.21. The molecule has 1 aliphatic heterocycles. The van der Waals surface area contributed by atoms with E-state index in [1.807, 2.05) is 0 Å². The number of nitro benzene ring substituents is 1. The summed E-state index contributed by atoms with van der Waals surface area (Å²) in [7, 11) is 0. The molecule has 1 saturated heterocycles. The van der Waals surface area contributed by atoms with Crippen molar-refractivity contribution in [2.45, 2.75) is 13.0 Å². The van der Waals surface area contributed by atoms with Crippen LogP contribution in [0, 0.1) is 10.1 Å². The molecule has 6 heteroatoms. The Labute approximate surface area is 97.3 Å². The molecule has 1 heterocycles. The summed E-state index contributed by atoms with van der Waals surface area (Å²) < 4.78 is 10.4. The summed E-state index contributed by atoms with van der Waals surface area (Å²) in [5.74, 6) is 0.0982. The summed E-state index contributed by atoms with van der Waals surface area (Å²) in [6.45, 7) is 2.30. The second-order valence-corrected chi connectivity index (χ2v) is 3.77. The molecule has 0 N–H and O–H groups in total. The molecule has 90 valence electrons. The van der Waals surface area contributed by atoms with Crippen LogP contribution in [0.5, 0.6) is 5.75 Å². The topological polar surface area (TPSA) is 78.7 Å². The van der Waals surface area contributed by atoms with Crippen LogP contribution in [0.3, 0.4) is 0 Å². The average molecular weight is 237 g/mol. The number of carbonyl (C=O) groups excluding carboxylic acids is 1. The van der Waals surface area contributed by atoms with Crippen LogP contribution in [0.2, 0.25) is 0 Å². The first-order valence-electron chi connectivity index (χ1n) is 5.11. The number of ketones is 1. The van der Waals surface area contributed by atoms with Gasteiger partial charge in [0.2, 0.25) is 0 Å². The lowest BCUT2D eigenvalue weighted by molar-refractivity contribution is -0.385. The molecule has 0 aromatic heterocycles. The number of benzene rings is 1. The standard InChI is InChI=1S/C11H11NO5/c1-7(13)10-4-8(17-9-5-16-6-9)2-3-11(10)12(14)15/h2-4,9H,5-6H2,1H3. The first-order chi connectivity index (χ1) is 8.08. The van der Waals surface area contributed by atoms with Crippen molar-refractivity contribution in [3.05, 3.63) is 33.9 Å². The van der Waals surface area contributed by atoms with Crippen molar-refractivity contribution < 1.29 is 19.2 Å². The number of nitro groups is 1. The highest BCUT2D eigenvalue weighted by molar-refractivity contribution is 5.98. The number of hydrogen-bond acceptors (Lipinski definition) is 5. The van der Waals surface area contributed by atoms with Gasteiger partial charge in [-0.1, -0.05) is 0 Å². The molecular formula is C11H11NO5. The molecule has 2 rings (SSSR count). The van der Waals surface area contributed by atoms with E-state index >= 15 is 0 Å². The minimum Gasteiger partial charge on any atom is -0.486 e. The largest absolute Gasteiger partial charge is 0.486 e. The predicted molar refractivity (Wildman–Crippen MR) is 58.3 cm³/mol. The molecular weight excluding hydrogens is 226 g/mol. The molecule has 0 spiro atoms. The van der Waals surface area contributed by atoms with Crippen molar-refractivity contribution in [1.82, 2.24) is 0 Å². The van der Waals surface area contributed by atoms with Crippen LogP contribution in [0.1, 0.15) is 17.3 Å². The molecule has 0 unspecified atom stereocenters. The quantitative estimate of drug-likeness (QED) is 0.451. The average Bonchev–Trinajstić information content (AvgIpc) is 2.23. The highest BCUT2D eigenvalue weighted by atomic mass is 16.6. The Balaban J connectivity index is 2.27. The van der Waals surface area contributed by atoms with Gasteiger partial charge in [0.1, 0.15) is 11.9 Å². The van der Waals surface area contributed by atoms with Crippen LogP contribution in [-0.2, 0) is 4.74 Å². The summed E-state index contributed by atoms with van der Waals surface area (Å²) in [6, 6.07) is 4.17. The Morgan fingerprint density at radius 1 is 1.53 bits per heavy atom. The third-order valence-corrected chi connectivity index (χ3v) is 2.45. The van der Waals surface area contributed by atoms with Gasteiger partial charge in [0.25, 0.3) is 5.69 Å². The van der Waals surface area contributed by atoms with Crippen LogP contribution < -0.4 is 4.74 Å². The maximum Gasteiger partial charge on any atom is 0.280 e. The normalized spacial score (nSPS) is 15.1. The Morgan fingerprint density at radius 3 is 2.71 bits per heavy atom. The van der Waals surface area contributed by atoms with Gasteiger partial charge in [0.05, 0.1) is 23.7 Å². The lowest BCUT2D eigenvalue weighted by Crippen LogP contribution is -2.38. The van der Waals surface area contributed by atoms with Gasteiger partial charge in [-0.3, -0.25) is 14.9 Å². The smallest absolute Gasteiger partial charge is 0.280 e. The van der Waals surface area contributed by atoms with Gasteiger partial charge >= 0.3 is 0 Å². The van der Waals surface area contributed by atoms with Crippen LogP contribution in [0.25, 0.3) is 0 Å². The maximum atomic E-state index is 11.3. The third-order valence-electron chi connectivity index (χ3n) is 2.45. The van der Waals surface area contributed by atoms with E-state index in [9.17, 15) is 14.9 Å². The first kappa shape index (κ1) is 11.5. The molecule has 1 aromatic carbocycles. The van der Waals surface area contributed by atoms with Crippen LogP contribution in [-0.4, -0.2) is 30.0 Å². The van der Waals surface area contributed by atoms with Crippen LogP contribution in [0.15, 0.2) is 18.2 Å². The number of nitrogens with zero attached hydrogens (tertiary/aromatic N) is 1. The highest BCUT2D eigenvalue weighted by Gasteiger charge is 2.22.